The molecule has 5 nitrogen and oxygen atoms in total. The fourth-order valence-corrected chi connectivity index (χ4v) is 4.80. The van der Waals surface area contributed by atoms with Gasteiger partial charge in [0.05, 0.1) is 12.0 Å². The molecule has 0 N–H and O–H groups in total. The van der Waals surface area contributed by atoms with Crippen LogP contribution in [-0.4, -0.2) is 39.7 Å². The van der Waals surface area contributed by atoms with E-state index in [-0.39, 0.29) is 29.6 Å². The van der Waals surface area contributed by atoms with Crippen LogP contribution >= 0.6 is 0 Å². The summed E-state index contributed by atoms with van der Waals surface area (Å²) < 4.78 is 13.7. The number of likely N-dealkylation sites (tertiary alicyclic amines) is 1. The smallest absolute Gasteiger partial charge is 0.228 e. The number of fused-ring (bicyclic) bond motifs is 1. The number of aryl methyl sites for hydroxylation is 1. The molecule has 2 atom stereocenters. The lowest BCUT2D eigenvalue weighted by Crippen LogP contribution is -2.49. The van der Waals surface area contributed by atoms with Crippen LogP contribution in [0.5, 0.6) is 0 Å². The van der Waals surface area contributed by atoms with Crippen molar-refractivity contribution in [1.82, 2.24) is 14.8 Å². The van der Waals surface area contributed by atoms with Crippen molar-refractivity contribution in [3.63, 3.8) is 0 Å². The Labute approximate surface area is 170 Å². The third kappa shape index (κ3) is 3.63. The van der Waals surface area contributed by atoms with E-state index in [1.807, 2.05) is 35.8 Å². The standard InChI is InChI=1S/C23H26FN3O2/c1-3-27-21(28)5-4-19(22(27)16-6-9-25-10-7-16)23(29)26-11-8-17-13-18(24)12-15(2)20(17)14-26/h6-7,9-10,12-13,19,22H,3-5,8,11,14H2,1-2H3/t19-,22+/m0/s1. The highest BCUT2D eigenvalue weighted by Crippen LogP contribution is 2.38. The van der Waals surface area contributed by atoms with Crippen molar-refractivity contribution in [3.8, 4) is 0 Å². The minimum atomic E-state index is -0.280. The molecule has 0 radical (unpaired) electrons. The van der Waals surface area contributed by atoms with E-state index in [9.17, 15) is 14.0 Å². The predicted octanol–water partition coefficient (Wildman–Crippen LogP) is 3.41. The summed E-state index contributed by atoms with van der Waals surface area (Å²) in [4.78, 5) is 33.9. The summed E-state index contributed by atoms with van der Waals surface area (Å²) in [6.07, 6.45) is 5.01. The topological polar surface area (TPSA) is 53.5 Å². The highest BCUT2D eigenvalue weighted by molar-refractivity contribution is 5.85. The van der Waals surface area contributed by atoms with Crippen LogP contribution in [0.1, 0.15) is 48.1 Å². The lowest BCUT2D eigenvalue weighted by atomic mass is 9.83. The van der Waals surface area contributed by atoms with Crippen LogP contribution in [0.2, 0.25) is 0 Å². The van der Waals surface area contributed by atoms with Gasteiger partial charge in [-0.2, -0.15) is 0 Å². The molecule has 2 aliphatic heterocycles. The molecule has 1 fully saturated rings. The van der Waals surface area contributed by atoms with Crippen LogP contribution < -0.4 is 0 Å². The monoisotopic (exact) mass is 395 g/mol. The van der Waals surface area contributed by atoms with E-state index in [2.05, 4.69) is 4.98 Å². The average molecular weight is 395 g/mol. The zero-order valence-corrected chi connectivity index (χ0v) is 16.9. The lowest BCUT2D eigenvalue weighted by Gasteiger charge is -2.42. The molecule has 3 heterocycles. The fraction of sp³-hybridized carbons (Fsp3) is 0.435. The van der Waals surface area contributed by atoms with E-state index in [4.69, 9.17) is 0 Å². The molecule has 1 saturated heterocycles. The summed E-state index contributed by atoms with van der Waals surface area (Å²) >= 11 is 0. The molecular formula is C23H26FN3O2. The maximum absolute atomic E-state index is 13.7. The van der Waals surface area contributed by atoms with E-state index in [0.29, 0.717) is 38.9 Å². The van der Waals surface area contributed by atoms with E-state index in [0.717, 1.165) is 22.3 Å². The summed E-state index contributed by atoms with van der Waals surface area (Å²) in [5.41, 5.74) is 3.87. The molecular weight excluding hydrogens is 369 g/mol. The highest BCUT2D eigenvalue weighted by Gasteiger charge is 2.42. The van der Waals surface area contributed by atoms with Gasteiger partial charge in [-0.05, 0) is 73.2 Å². The maximum Gasteiger partial charge on any atom is 0.228 e. The molecule has 0 unspecified atom stereocenters. The molecule has 6 heteroatoms. The number of pyridine rings is 1. The quantitative estimate of drug-likeness (QED) is 0.800. The Hall–Kier alpha value is -2.76. The number of halogens is 1. The number of benzene rings is 1. The van der Waals surface area contributed by atoms with Gasteiger partial charge in [0.1, 0.15) is 5.82 Å². The zero-order chi connectivity index (χ0) is 20.5. The molecule has 0 spiro atoms. The number of rotatable bonds is 3. The Morgan fingerprint density at radius 1 is 1.24 bits per heavy atom. The van der Waals surface area contributed by atoms with Crippen LogP contribution in [0.3, 0.4) is 0 Å². The van der Waals surface area contributed by atoms with Crippen molar-refractivity contribution < 1.29 is 14.0 Å². The molecule has 152 valence electrons. The number of hydrogen-bond acceptors (Lipinski definition) is 3. The third-order valence-corrected chi connectivity index (χ3v) is 6.25. The molecule has 0 saturated carbocycles. The van der Waals surface area contributed by atoms with E-state index >= 15 is 0 Å². The van der Waals surface area contributed by atoms with Crippen LogP contribution in [0.4, 0.5) is 4.39 Å². The number of carbonyl (C=O) groups is 2. The van der Waals surface area contributed by atoms with Gasteiger partial charge in [-0.3, -0.25) is 14.6 Å². The maximum atomic E-state index is 13.7. The molecule has 0 aliphatic carbocycles. The summed E-state index contributed by atoms with van der Waals surface area (Å²) in [5, 5.41) is 0. The van der Waals surface area contributed by atoms with Gasteiger partial charge in [-0.1, -0.05) is 0 Å². The summed E-state index contributed by atoms with van der Waals surface area (Å²) in [7, 11) is 0. The Kier molecular flexibility index (Phi) is 5.35. The first kappa shape index (κ1) is 19.6. The van der Waals surface area contributed by atoms with Gasteiger partial charge in [0.25, 0.3) is 0 Å². The Morgan fingerprint density at radius 2 is 2.00 bits per heavy atom. The van der Waals surface area contributed by atoms with Gasteiger partial charge in [-0.25, -0.2) is 4.39 Å². The van der Waals surface area contributed by atoms with Crippen molar-refractivity contribution in [1.29, 1.82) is 0 Å². The van der Waals surface area contributed by atoms with Gasteiger partial charge in [0.15, 0.2) is 0 Å². The van der Waals surface area contributed by atoms with E-state index in [1.54, 1.807) is 18.5 Å². The number of nitrogens with zero attached hydrogens (tertiary/aromatic N) is 3. The van der Waals surface area contributed by atoms with Gasteiger partial charge in [0, 0.05) is 38.4 Å². The van der Waals surface area contributed by atoms with Gasteiger partial charge < -0.3 is 9.80 Å². The average Bonchev–Trinajstić information content (AvgIpc) is 2.73. The molecule has 2 aliphatic rings. The Morgan fingerprint density at radius 3 is 2.72 bits per heavy atom. The zero-order valence-electron chi connectivity index (χ0n) is 16.9. The van der Waals surface area contributed by atoms with Crippen molar-refractivity contribution >= 4 is 11.8 Å². The first-order valence-electron chi connectivity index (χ1n) is 10.3. The highest BCUT2D eigenvalue weighted by atomic mass is 19.1. The van der Waals surface area contributed by atoms with Gasteiger partial charge in [0.2, 0.25) is 11.8 Å². The van der Waals surface area contributed by atoms with Crippen LogP contribution in [0.15, 0.2) is 36.7 Å². The van der Waals surface area contributed by atoms with Crippen molar-refractivity contribution in [2.45, 2.75) is 45.7 Å². The summed E-state index contributed by atoms with van der Waals surface area (Å²) in [6.45, 7) is 5.49. The fourth-order valence-electron chi connectivity index (χ4n) is 4.80. The molecule has 2 aromatic rings. The van der Waals surface area contributed by atoms with E-state index < -0.39 is 0 Å². The lowest BCUT2D eigenvalue weighted by molar-refractivity contribution is -0.148. The predicted molar refractivity (Wildman–Crippen MR) is 107 cm³/mol. The second-order valence-electron chi connectivity index (χ2n) is 7.92. The molecule has 0 bridgehead atoms. The van der Waals surface area contributed by atoms with Crippen LogP contribution in [0, 0.1) is 18.7 Å². The second kappa shape index (κ2) is 7.93. The minimum Gasteiger partial charge on any atom is -0.338 e. The largest absolute Gasteiger partial charge is 0.338 e. The molecule has 2 amide bonds. The van der Waals surface area contributed by atoms with Crippen LogP contribution in [-0.2, 0) is 22.6 Å². The number of piperidine rings is 1. The third-order valence-electron chi connectivity index (χ3n) is 6.25. The van der Waals surface area contributed by atoms with Gasteiger partial charge >= 0.3 is 0 Å². The molecule has 29 heavy (non-hydrogen) atoms. The second-order valence-corrected chi connectivity index (χ2v) is 7.92. The normalized spacial score (nSPS) is 21.8. The minimum absolute atomic E-state index is 0.0761. The number of hydrogen-bond donors (Lipinski definition) is 0. The molecule has 4 rings (SSSR count). The first-order chi connectivity index (χ1) is 14.0. The molecule has 1 aromatic heterocycles. The number of carbonyl (C=O) groups excluding carboxylic acids is 2. The van der Waals surface area contributed by atoms with Crippen molar-refractivity contribution in [2.24, 2.45) is 5.92 Å². The summed E-state index contributed by atoms with van der Waals surface area (Å²) in [6, 6.07) is 6.63. The SMILES string of the molecule is CCN1C(=O)CC[C@H](C(=O)N2CCc3cc(F)cc(C)c3C2)[C@H]1c1ccncc1. The van der Waals surface area contributed by atoms with E-state index in [1.165, 1.54) is 6.07 Å². The number of amides is 2. The van der Waals surface area contributed by atoms with Gasteiger partial charge in [-0.15, -0.1) is 0 Å². The Balaban J connectivity index is 1.63. The van der Waals surface area contributed by atoms with Crippen molar-refractivity contribution in [2.75, 3.05) is 13.1 Å². The Bertz CT molecular complexity index is 931. The first-order valence-corrected chi connectivity index (χ1v) is 10.3. The summed E-state index contributed by atoms with van der Waals surface area (Å²) in [5.74, 6) is -0.332. The molecule has 1 aromatic carbocycles. The van der Waals surface area contributed by atoms with Crippen molar-refractivity contribution in [3.05, 3.63) is 64.7 Å². The number of aromatic nitrogens is 1. The van der Waals surface area contributed by atoms with Crippen LogP contribution in [0.25, 0.3) is 0 Å².